The van der Waals surface area contributed by atoms with Crippen LogP contribution in [-0.2, 0) is 22.4 Å². The number of anilines is 1. The van der Waals surface area contributed by atoms with Crippen LogP contribution in [0.25, 0.3) is 6.08 Å². The molecule has 27 heavy (non-hydrogen) atoms. The van der Waals surface area contributed by atoms with Gasteiger partial charge in [-0.1, -0.05) is 30.7 Å². The summed E-state index contributed by atoms with van der Waals surface area (Å²) in [5, 5.41) is 4.11. The van der Waals surface area contributed by atoms with Crippen molar-refractivity contribution in [1.82, 2.24) is 0 Å². The van der Waals surface area contributed by atoms with Crippen LogP contribution in [0.2, 0.25) is 5.02 Å². The first-order valence-corrected chi connectivity index (χ1v) is 10.3. The van der Waals surface area contributed by atoms with Crippen LogP contribution < -0.4 is 5.32 Å². The summed E-state index contributed by atoms with van der Waals surface area (Å²) in [6.45, 7) is 2.34. The third-order valence-corrected chi connectivity index (χ3v) is 5.81. The number of thiophene rings is 1. The van der Waals surface area contributed by atoms with E-state index in [0.29, 0.717) is 22.2 Å². The molecule has 0 aliphatic heterocycles. The van der Waals surface area contributed by atoms with Crippen molar-refractivity contribution in [1.29, 1.82) is 0 Å². The van der Waals surface area contributed by atoms with Crippen molar-refractivity contribution in [3.05, 3.63) is 56.9 Å². The highest BCUT2D eigenvalue weighted by molar-refractivity contribution is 7.17. The Labute approximate surface area is 168 Å². The molecule has 1 aliphatic rings. The molecule has 0 unspecified atom stereocenters. The number of carbonyl (C=O) groups is 2. The number of nitrogens with one attached hydrogen (secondary N) is 1. The van der Waals surface area contributed by atoms with Gasteiger partial charge in [0.25, 0.3) is 0 Å². The molecule has 0 radical (unpaired) electrons. The fourth-order valence-electron chi connectivity index (χ4n) is 3.04. The largest absolute Gasteiger partial charge is 0.462 e. The molecule has 0 spiro atoms. The Balaban J connectivity index is 1.78. The molecule has 1 heterocycles. The second kappa shape index (κ2) is 9.20. The molecule has 0 saturated carbocycles. The van der Waals surface area contributed by atoms with Crippen molar-refractivity contribution >= 4 is 45.9 Å². The maximum atomic E-state index is 12.6. The van der Waals surface area contributed by atoms with Crippen molar-refractivity contribution in [3.8, 4) is 0 Å². The van der Waals surface area contributed by atoms with E-state index in [1.165, 1.54) is 22.3 Å². The number of aryl methyl sites for hydroxylation is 1. The molecule has 4 nitrogen and oxygen atoms in total. The van der Waals surface area contributed by atoms with Gasteiger partial charge in [0.2, 0.25) is 5.91 Å². The normalized spacial score (nSPS) is 13.4. The van der Waals surface area contributed by atoms with Crippen molar-refractivity contribution < 1.29 is 14.3 Å². The number of ether oxygens (including phenoxy) is 1. The highest BCUT2D eigenvalue weighted by atomic mass is 35.5. The van der Waals surface area contributed by atoms with Crippen LogP contribution in [0.15, 0.2) is 30.3 Å². The molecule has 0 saturated heterocycles. The zero-order chi connectivity index (χ0) is 19.2. The summed E-state index contributed by atoms with van der Waals surface area (Å²) < 4.78 is 5.35. The van der Waals surface area contributed by atoms with Gasteiger partial charge in [-0.05, 0) is 61.4 Å². The SMILES string of the molecule is CCCOC(=O)c1c(NC(=O)C=Cc2ccc(Cl)cc2)sc2c1CCCC2. The van der Waals surface area contributed by atoms with Gasteiger partial charge in [-0.15, -0.1) is 11.3 Å². The van der Waals surface area contributed by atoms with E-state index in [0.717, 1.165) is 43.2 Å². The Morgan fingerprint density at radius 3 is 2.70 bits per heavy atom. The molecular formula is C21H22ClNO3S. The van der Waals surface area contributed by atoms with E-state index in [2.05, 4.69) is 5.32 Å². The molecule has 1 aromatic carbocycles. The van der Waals surface area contributed by atoms with Crippen LogP contribution in [0, 0.1) is 0 Å². The van der Waals surface area contributed by atoms with E-state index >= 15 is 0 Å². The van der Waals surface area contributed by atoms with Crippen LogP contribution >= 0.6 is 22.9 Å². The number of halogens is 1. The lowest BCUT2D eigenvalue weighted by Crippen LogP contribution is -2.14. The molecule has 1 N–H and O–H groups in total. The number of hydrogen-bond acceptors (Lipinski definition) is 4. The molecular weight excluding hydrogens is 382 g/mol. The lowest BCUT2D eigenvalue weighted by atomic mass is 9.95. The minimum absolute atomic E-state index is 0.270. The number of carbonyl (C=O) groups excluding carboxylic acids is 2. The monoisotopic (exact) mass is 403 g/mol. The summed E-state index contributed by atoms with van der Waals surface area (Å²) in [6.07, 6.45) is 7.92. The Bertz CT molecular complexity index is 855. The topological polar surface area (TPSA) is 55.4 Å². The van der Waals surface area contributed by atoms with E-state index in [4.69, 9.17) is 16.3 Å². The Morgan fingerprint density at radius 2 is 1.96 bits per heavy atom. The number of fused-ring (bicyclic) bond motifs is 1. The Kier molecular flexibility index (Phi) is 6.69. The fourth-order valence-corrected chi connectivity index (χ4v) is 4.44. The molecule has 2 aromatic rings. The predicted octanol–water partition coefficient (Wildman–Crippen LogP) is 5.50. The molecule has 6 heteroatoms. The minimum atomic E-state index is -0.340. The van der Waals surface area contributed by atoms with Gasteiger partial charge in [-0.2, -0.15) is 0 Å². The molecule has 1 aliphatic carbocycles. The minimum Gasteiger partial charge on any atom is -0.462 e. The predicted molar refractivity (Wildman–Crippen MR) is 111 cm³/mol. The standard InChI is InChI=1S/C21H22ClNO3S/c1-2-13-26-21(25)19-16-5-3-4-6-17(16)27-20(19)23-18(24)12-9-14-7-10-15(22)11-8-14/h7-12H,2-6,13H2,1H3,(H,23,24). The van der Waals surface area contributed by atoms with E-state index in [1.54, 1.807) is 18.2 Å². The second-order valence-electron chi connectivity index (χ2n) is 6.43. The van der Waals surface area contributed by atoms with Gasteiger partial charge in [0.1, 0.15) is 5.00 Å². The van der Waals surface area contributed by atoms with E-state index in [9.17, 15) is 9.59 Å². The van der Waals surface area contributed by atoms with Crippen molar-refractivity contribution in [3.63, 3.8) is 0 Å². The van der Waals surface area contributed by atoms with E-state index < -0.39 is 0 Å². The van der Waals surface area contributed by atoms with Crippen molar-refractivity contribution in [2.45, 2.75) is 39.0 Å². The fraction of sp³-hybridized carbons (Fsp3) is 0.333. The molecule has 0 bridgehead atoms. The Morgan fingerprint density at radius 1 is 1.22 bits per heavy atom. The highest BCUT2D eigenvalue weighted by Crippen LogP contribution is 2.38. The van der Waals surface area contributed by atoms with E-state index in [-0.39, 0.29) is 11.9 Å². The van der Waals surface area contributed by atoms with E-state index in [1.807, 2.05) is 19.1 Å². The quantitative estimate of drug-likeness (QED) is 0.511. The maximum absolute atomic E-state index is 12.6. The lowest BCUT2D eigenvalue weighted by molar-refractivity contribution is -0.111. The number of esters is 1. The number of amides is 1. The molecule has 1 amide bonds. The van der Waals surface area contributed by atoms with Gasteiger partial charge in [-0.3, -0.25) is 4.79 Å². The van der Waals surface area contributed by atoms with Crippen LogP contribution in [-0.4, -0.2) is 18.5 Å². The van der Waals surface area contributed by atoms with Crippen LogP contribution in [0.4, 0.5) is 5.00 Å². The van der Waals surface area contributed by atoms with Crippen molar-refractivity contribution in [2.24, 2.45) is 0 Å². The summed E-state index contributed by atoms with van der Waals surface area (Å²) in [7, 11) is 0. The zero-order valence-corrected chi connectivity index (χ0v) is 16.8. The number of benzene rings is 1. The molecule has 0 fully saturated rings. The first-order valence-electron chi connectivity index (χ1n) is 9.14. The molecule has 1 aromatic heterocycles. The van der Waals surface area contributed by atoms with Gasteiger partial charge < -0.3 is 10.1 Å². The van der Waals surface area contributed by atoms with Crippen molar-refractivity contribution in [2.75, 3.05) is 11.9 Å². The molecule has 0 atom stereocenters. The smallest absolute Gasteiger partial charge is 0.341 e. The first kappa shape index (κ1) is 19.6. The summed E-state index contributed by atoms with van der Waals surface area (Å²) in [4.78, 5) is 26.1. The molecule has 3 rings (SSSR count). The van der Waals surface area contributed by atoms with Gasteiger partial charge in [-0.25, -0.2) is 4.79 Å². The van der Waals surface area contributed by atoms with Gasteiger partial charge in [0, 0.05) is 16.0 Å². The number of hydrogen-bond donors (Lipinski definition) is 1. The maximum Gasteiger partial charge on any atom is 0.341 e. The van der Waals surface area contributed by atoms with Gasteiger partial charge in [0.05, 0.1) is 12.2 Å². The lowest BCUT2D eigenvalue weighted by Gasteiger charge is -2.12. The van der Waals surface area contributed by atoms with Gasteiger partial charge in [0.15, 0.2) is 0 Å². The summed E-state index contributed by atoms with van der Waals surface area (Å²) in [5.74, 6) is -0.610. The zero-order valence-electron chi connectivity index (χ0n) is 15.2. The third kappa shape index (κ3) is 4.99. The first-order chi connectivity index (χ1) is 13.1. The van der Waals surface area contributed by atoms with Gasteiger partial charge >= 0.3 is 5.97 Å². The Hall–Kier alpha value is -2.11. The summed E-state index contributed by atoms with van der Waals surface area (Å²) in [5.41, 5.74) is 2.46. The third-order valence-electron chi connectivity index (χ3n) is 4.35. The van der Waals surface area contributed by atoms with Crippen LogP contribution in [0.1, 0.15) is 52.5 Å². The average molecular weight is 404 g/mol. The van der Waals surface area contributed by atoms with Crippen LogP contribution in [0.3, 0.4) is 0 Å². The highest BCUT2D eigenvalue weighted by Gasteiger charge is 2.27. The number of rotatable bonds is 6. The van der Waals surface area contributed by atoms with Crippen LogP contribution in [0.5, 0.6) is 0 Å². The molecule has 142 valence electrons. The average Bonchev–Trinajstić information content (AvgIpc) is 3.03. The summed E-state index contributed by atoms with van der Waals surface area (Å²) >= 11 is 7.36. The second-order valence-corrected chi connectivity index (χ2v) is 7.97. The summed E-state index contributed by atoms with van der Waals surface area (Å²) in [6, 6.07) is 7.22.